The van der Waals surface area contributed by atoms with Crippen LogP contribution in [-0.2, 0) is 24.0 Å². The summed E-state index contributed by atoms with van der Waals surface area (Å²) in [5.41, 5.74) is 32.6. The number of amides is 4. The molecule has 19 heteroatoms. The van der Waals surface area contributed by atoms with Crippen LogP contribution in [0.2, 0.25) is 0 Å². The van der Waals surface area contributed by atoms with Crippen LogP contribution in [0.15, 0.2) is 9.98 Å². The van der Waals surface area contributed by atoms with Crippen LogP contribution in [0.4, 0.5) is 0 Å². The molecule has 4 amide bonds. The van der Waals surface area contributed by atoms with Gasteiger partial charge in [-0.15, -0.1) is 0 Å². The minimum Gasteiger partial charge on any atom is -0.480 e. The van der Waals surface area contributed by atoms with Gasteiger partial charge in [0, 0.05) is 19.6 Å². The maximum Gasteiger partial charge on any atom is 0.326 e. The summed E-state index contributed by atoms with van der Waals surface area (Å²) in [5.74, 6) is -4.20. The zero-order valence-electron chi connectivity index (χ0n) is 25.5. The second kappa shape index (κ2) is 20.7. The largest absolute Gasteiger partial charge is 0.480 e. The molecule has 1 rings (SSSR count). The molecule has 1 fully saturated rings. The summed E-state index contributed by atoms with van der Waals surface area (Å²) in [6.45, 7) is 0.320. The molecule has 0 spiro atoms. The molecular weight excluding hydrogens is 592 g/mol. The average Bonchev–Trinajstić information content (AvgIpc) is 3.48. The van der Waals surface area contributed by atoms with Crippen molar-refractivity contribution in [3.63, 3.8) is 0 Å². The average molecular weight is 643 g/mol. The molecule has 1 aliphatic heterocycles. The van der Waals surface area contributed by atoms with Crippen molar-refractivity contribution in [2.75, 3.05) is 32.8 Å². The number of carboxylic acid groups (broad SMARTS) is 1. The van der Waals surface area contributed by atoms with Gasteiger partial charge in [0.25, 0.3) is 0 Å². The van der Waals surface area contributed by atoms with Gasteiger partial charge < -0.3 is 65.5 Å². The van der Waals surface area contributed by atoms with E-state index in [0.717, 1.165) is 0 Å². The SMILES string of the molecule is NCCCC[C@H](NC(=O)[C@H](CCCN=C(N)N)NC(=O)[C@@H]1CCCN1C(=O)[C@@H](N)CO)C(=O)N[C@@H](CCCN=C(N)N)C(=O)O. The fourth-order valence-electron chi connectivity index (χ4n) is 4.70. The van der Waals surface area contributed by atoms with Crippen LogP contribution in [0.1, 0.15) is 57.8 Å². The van der Waals surface area contributed by atoms with E-state index in [1.54, 1.807) is 0 Å². The summed E-state index contributed by atoms with van der Waals surface area (Å²) in [7, 11) is 0. The van der Waals surface area contributed by atoms with Gasteiger partial charge in [-0.3, -0.25) is 29.2 Å². The number of nitrogens with one attached hydrogen (secondary N) is 3. The molecule has 45 heavy (non-hydrogen) atoms. The molecule has 0 aromatic carbocycles. The molecule has 256 valence electrons. The zero-order chi connectivity index (χ0) is 33.9. The Balaban J connectivity index is 3.11. The Bertz CT molecular complexity index is 1050. The maximum absolute atomic E-state index is 13.5. The van der Waals surface area contributed by atoms with Gasteiger partial charge in [-0.1, -0.05) is 0 Å². The summed E-state index contributed by atoms with van der Waals surface area (Å²) in [5, 5.41) is 26.7. The highest BCUT2D eigenvalue weighted by Gasteiger charge is 2.38. The number of hydrogen-bond donors (Lipinski definition) is 11. The lowest BCUT2D eigenvalue weighted by Crippen LogP contribution is -2.58. The van der Waals surface area contributed by atoms with Crippen LogP contribution >= 0.6 is 0 Å². The van der Waals surface area contributed by atoms with E-state index in [-0.39, 0.29) is 63.7 Å². The molecule has 0 saturated carbocycles. The Morgan fingerprint density at radius 3 is 1.82 bits per heavy atom. The molecular formula is C26H50N12O7. The third-order valence-corrected chi connectivity index (χ3v) is 7.07. The molecule has 0 aliphatic carbocycles. The number of nitrogens with zero attached hydrogens (tertiary/aromatic N) is 3. The normalized spacial score (nSPS) is 16.9. The number of aliphatic hydroxyl groups is 1. The molecule has 0 unspecified atom stereocenters. The summed E-state index contributed by atoms with van der Waals surface area (Å²) in [4.78, 5) is 73.5. The van der Waals surface area contributed by atoms with E-state index < -0.39 is 66.4 Å². The van der Waals surface area contributed by atoms with Gasteiger partial charge in [0.05, 0.1) is 6.61 Å². The van der Waals surface area contributed by atoms with Crippen molar-refractivity contribution < 1.29 is 34.2 Å². The minimum absolute atomic E-state index is 0.0291. The molecule has 0 bridgehead atoms. The van der Waals surface area contributed by atoms with Gasteiger partial charge in [-0.2, -0.15) is 0 Å². The van der Waals surface area contributed by atoms with E-state index in [4.69, 9.17) is 34.4 Å². The number of aliphatic hydroxyl groups excluding tert-OH is 1. The quantitative estimate of drug-likeness (QED) is 0.0318. The van der Waals surface area contributed by atoms with Gasteiger partial charge in [0.1, 0.15) is 30.2 Å². The predicted molar refractivity (Wildman–Crippen MR) is 166 cm³/mol. The summed E-state index contributed by atoms with van der Waals surface area (Å²) in [6, 6.07) is -5.68. The number of carboxylic acids is 1. The van der Waals surface area contributed by atoms with Gasteiger partial charge in [-0.05, 0) is 64.3 Å². The first-order chi connectivity index (χ1) is 21.3. The highest BCUT2D eigenvalue weighted by atomic mass is 16.4. The number of guanidine groups is 2. The minimum atomic E-state index is -1.28. The lowest BCUT2D eigenvalue weighted by Gasteiger charge is -2.28. The van der Waals surface area contributed by atoms with Crippen molar-refractivity contribution in [1.29, 1.82) is 0 Å². The highest BCUT2D eigenvalue weighted by molar-refractivity contribution is 5.95. The number of hydrogen-bond acceptors (Lipinski definition) is 10. The van der Waals surface area contributed by atoms with Crippen LogP contribution in [-0.4, -0.2) is 120 Å². The topological polar surface area (TPSA) is 346 Å². The van der Waals surface area contributed by atoms with Gasteiger partial charge in [0.2, 0.25) is 23.6 Å². The van der Waals surface area contributed by atoms with E-state index >= 15 is 0 Å². The van der Waals surface area contributed by atoms with Gasteiger partial charge in [0.15, 0.2) is 11.9 Å². The Hall–Kier alpha value is -4.23. The molecule has 5 atom stereocenters. The molecule has 1 heterocycles. The van der Waals surface area contributed by atoms with Crippen LogP contribution in [0.25, 0.3) is 0 Å². The number of likely N-dealkylation sites (tertiary alicyclic amines) is 1. The van der Waals surface area contributed by atoms with E-state index in [1.165, 1.54) is 4.90 Å². The summed E-state index contributed by atoms with van der Waals surface area (Å²) < 4.78 is 0. The highest BCUT2D eigenvalue weighted by Crippen LogP contribution is 2.19. The van der Waals surface area contributed by atoms with Crippen LogP contribution in [0.5, 0.6) is 0 Å². The number of nitrogens with two attached hydrogens (primary N) is 6. The smallest absolute Gasteiger partial charge is 0.326 e. The van der Waals surface area contributed by atoms with Crippen molar-refractivity contribution >= 4 is 41.5 Å². The fraction of sp³-hybridized carbons (Fsp3) is 0.731. The van der Waals surface area contributed by atoms with Crippen molar-refractivity contribution in [3.05, 3.63) is 0 Å². The van der Waals surface area contributed by atoms with Gasteiger partial charge in [-0.25, -0.2) is 4.79 Å². The number of carbonyl (C=O) groups is 5. The lowest BCUT2D eigenvalue weighted by atomic mass is 10.0. The first kappa shape index (κ1) is 38.8. The lowest BCUT2D eigenvalue weighted by molar-refractivity contribution is -0.142. The first-order valence-corrected chi connectivity index (χ1v) is 14.9. The molecule has 0 aromatic heterocycles. The molecule has 0 aromatic rings. The second-order valence-electron chi connectivity index (χ2n) is 10.7. The number of aliphatic carboxylic acids is 1. The number of aliphatic imine (C=N–C) groups is 2. The molecule has 1 aliphatic rings. The Morgan fingerprint density at radius 2 is 1.31 bits per heavy atom. The Morgan fingerprint density at radius 1 is 0.800 bits per heavy atom. The Labute approximate surface area is 261 Å². The second-order valence-corrected chi connectivity index (χ2v) is 10.7. The number of rotatable bonds is 21. The maximum atomic E-state index is 13.5. The third-order valence-electron chi connectivity index (χ3n) is 7.07. The van der Waals surface area contributed by atoms with Crippen molar-refractivity contribution in [2.24, 2.45) is 44.4 Å². The Kier molecular flexibility index (Phi) is 17.8. The van der Waals surface area contributed by atoms with Crippen molar-refractivity contribution in [1.82, 2.24) is 20.9 Å². The molecule has 0 radical (unpaired) electrons. The van der Waals surface area contributed by atoms with Gasteiger partial charge >= 0.3 is 5.97 Å². The van der Waals surface area contributed by atoms with Crippen molar-refractivity contribution in [2.45, 2.75) is 88.0 Å². The van der Waals surface area contributed by atoms with Crippen LogP contribution in [0.3, 0.4) is 0 Å². The first-order valence-electron chi connectivity index (χ1n) is 14.9. The van der Waals surface area contributed by atoms with Crippen LogP contribution in [0, 0.1) is 0 Å². The van der Waals surface area contributed by atoms with E-state index in [1.807, 2.05) is 0 Å². The number of carbonyl (C=O) groups excluding carboxylic acids is 4. The number of unbranched alkanes of at least 4 members (excludes halogenated alkanes) is 1. The monoisotopic (exact) mass is 642 g/mol. The standard InChI is InChI=1S/C26H50N12O7/c27-10-2-1-6-16(21(41)37-18(24(44)45)8-4-12-34-26(31)32)35-20(40)17(7-3-11-33-25(29)30)36-22(42)19-9-5-13-38(19)23(43)15(28)14-39/h15-19,39H,1-14,27-28H2,(H,35,40)(H,36,42)(H,37,41)(H,44,45)(H4,29,30,33)(H4,31,32,34)/t15-,16-,17-,18-,19-/m0/s1. The summed E-state index contributed by atoms with van der Waals surface area (Å²) >= 11 is 0. The van der Waals surface area contributed by atoms with Crippen molar-refractivity contribution in [3.8, 4) is 0 Å². The van der Waals surface area contributed by atoms with E-state index in [0.29, 0.717) is 32.2 Å². The third kappa shape index (κ3) is 14.4. The summed E-state index contributed by atoms with van der Waals surface area (Å²) in [6.07, 6.45) is 2.63. The molecule has 1 saturated heterocycles. The predicted octanol–water partition coefficient (Wildman–Crippen LogP) is -4.93. The fourth-order valence-corrected chi connectivity index (χ4v) is 4.70. The molecule has 19 nitrogen and oxygen atoms in total. The van der Waals surface area contributed by atoms with Crippen LogP contribution < -0.4 is 50.4 Å². The zero-order valence-corrected chi connectivity index (χ0v) is 25.5. The molecule has 17 N–H and O–H groups in total. The van der Waals surface area contributed by atoms with E-state index in [9.17, 15) is 34.2 Å². The van der Waals surface area contributed by atoms with E-state index in [2.05, 4.69) is 25.9 Å².